The fourth-order valence-corrected chi connectivity index (χ4v) is 1.98. The lowest BCUT2D eigenvalue weighted by atomic mass is 10.2. The van der Waals surface area contributed by atoms with Crippen LogP contribution in [0, 0.1) is 5.82 Å². The van der Waals surface area contributed by atoms with E-state index in [-0.39, 0.29) is 5.75 Å². The van der Waals surface area contributed by atoms with Crippen LogP contribution in [0.1, 0.15) is 0 Å². The largest absolute Gasteiger partial charge is 0.507 e. The van der Waals surface area contributed by atoms with Crippen molar-refractivity contribution in [3.63, 3.8) is 0 Å². The van der Waals surface area contributed by atoms with E-state index >= 15 is 0 Å². The van der Waals surface area contributed by atoms with Gasteiger partial charge in [0.05, 0.1) is 16.6 Å². The molecule has 3 aromatic rings. The first-order valence-corrected chi connectivity index (χ1v) is 5.65. The monoisotopic (exact) mass is 262 g/mol. The zero-order valence-corrected chi connectivity index (χ0v) is 9.87. The van der Waals surface area contributed by atoms with Crippen LogP contribution in [-0.2, 0) is 0 Å². The number of phenolic OH excluding ortho intramolecular Hbond substituents is 1. The third kappa shape index (κ3) is 1.80. The number of benzene rings is 2. The van der Waals surface area contributed by atoms with Crippen molar-refractivity contribution < 1.29 is 9.50 Å². The molecule has 0 saturated heterocycles. The molecular formula is C13H8ClFN2O. The predicted octanol–water partition coefficient (Wildman–Crippen LogP) is 3.73. The molecule has 5 heteroatoms. The van der Waals surface area contributed by atoms with Gasteiger partial charge in [-0.3, -0.25) is 0 Å². The second kappa shape index (κ2) is 3.99. The van der Waals surface area contributed by atoms with Gasteiger partial charge in [-0.25, -0.2) is 9.37 Å². The number of hydrogen-bond acceptors (Lipinski definition) is 2. The average molecular weight is 263 g/mol. The minimum Gasteiger partial charge on any atom is -0.507 e. The number of imidazole rings is 1. The number of fused-ring (bicyclic) bond motifs is 1. The average Bonchev–Trinajstić information content (AvgIpc) is 2.74. The van der Waals surface area contributed by atoms with Crippen LogP contribution in [-0.4, -0.2) is 15.1 Å². The smallest absolute Gasteiger partial charge is 0.142 e. The van der Waals surface area contributed by atoms with E-state index in [0.717, 1.165) is 5.52 Å². The fourth-order valence-electron chi connectivity index (χ4n) is 1.81. The van der Waals surface area contributed by atoms with E-state index in [1.54, 1.807) is 18.2 Å². The number of rotatable bonds is 1. The van der Waals surface area contributed by atoms with Crippen LogP contribution in [0.3, 0.4) is 0 Å². The Hall–Kier alpha value is -2.07. The number of phenols is 1. The summed E-state index contributed by atoms with van der Waals surface area (Å²) in [5.74, 6) is -0.0490. The van der Waals surface area contributed by atoms with Crippen LogP contribution in [0.15, 0.2) is 36.4 Å². The van der Waals surface area contributed by atoms with Crippen LogP contribution >= 0.6 is 11.6 Å². The number of H-pyrrole nitrogens is 1. The quantitative estimate of drug-likeness (QED) is 0.702. The SMILES string of the molecule is Oc1ccc(F)cc1-c1nc2ccc(Cl)cc2[nH]1. The van der Waals surface area contributed by atoms with Gasteiger partial charge in [0.25, 0.3) is 0 Å². The Balaban J connectivity index is 2.22. The van der Waals surface area contributed by atoms with Crippen molar-refractivity contribution in [3.8, 4) is 17.1 Å². The summed E-state index contributed by atoms with van der Waals surface area (Å²) in [5, 5.41) is 10.3. The molecule has 0 bridgehead atoms. The molecule has 2 N–H and O–H groups in total. The summed E-state index contributed by atoms with van der Waals surface area (Å²) in [4.78, 5) is 7.28. The lowest BCUT2D eigenvalue weighted by Gasteiger charge is -2.00. The summed E-state index contributed by atoms with van der Waals surface area (Å²) in [7, 11) is 0. The third-order valence-electron chi connectivity index (χ3n) is 2.66. The van der Waals surface area contributed by atoms with E-state index in [4.69, 9.17) is 11.6 Å². The number of nitrogens with zero attached hydrogens (tertiary/aromatic N) is 1. The maximum atomic E-state index is 13.2. The van der Waals surface area contributed by atoms with Crippen molar-refractivity contribution in [2.24, 2.45) is 0 Å². The molecule has 90 valence electrons. The van der Waals surface area contributed by atoms with Crippen molar-refractivity contribution in [1.29, 1.82) is 0 Å². The van der Waals surface area contributed by atoms with E-state index < -0.39 is 5.82 Å². The molecule has 0 aliphatic heterocycles. The summed E-state index contributed by atoms with van der Waals surface area (Å²) in [6.45, 7) is 0. The Morgan fingerprint density at radius 3 is 2.83 bits per heavy atom. The first kappa shape index (κ1) is 11.0. The highest BCUT2D eigenvalue weighted by molar-refractivity contribution is 6.31. The molecular weight excluding hydrogens is 255 g/mol. The van der Waals surface area contributed by atoms with Gasteiger partial charge in [-0.2, -0.15) is 0 Å². The zero-order valence-electron chi connectivity index (χ0n) is 9.11. The fraction of sp³-hybridized carbons (Fsp3) is 0. The van der Waals surface area contributed by atoms with Gasteiger partial charge in [0.1, 0.15) is 17.4 Å². The molecule has 18 heavy (non-hydrogen) atoms. The number of hydrogen-bond donors (Lipinski definition) is 2. The topological polar surface area (TPSA) is 48.9 Å². The molecule has 0 aliphatic carbocycles. The van der Waals surface area contributed by atoms with Crippen LogP contribution in [0.2, 0.25) is 5.02 Å². The summed E-state index contributed by atoms with van der Waals surface area (Å²) in [6, 6.07) is 8.93. The van der Waals surface area contributed by atoms with Crippen molar-refractivity contribution in [3.05, 3.63) is 47.2 Å². The van der Waals surface area contributed by atoms with Crippen LogP contribution in [0.4, 0.5) is 4.39 Å². The van der Waals surface area contributed by atoms with Gasteiger partial charge in [-0.05, 0) is 36.4 Å². The van der Waals surface area contributed by atoms with E-state index in [2.05, 4.69) is 9.97 Å². The first-order valence-electron chi connectivity index (χ1n) is 5.27. The molecule has 0 aliphatic rings. The second-order valence-corrected chi connectivity index (χ2v) is 4.34. The number of aromatic amines is 1. The summed E-state index contributed by atoms with van der Waals surface area (Å²) in [5.41, 5.74) is 1.77. The summed E-state index contributed by atoms with van der Waals surface area (Å²) < 4.78 is 13.2. The van der Waals surface area contributed by atoms with Gasteiger partial charge >= 0.3 is 0 Å². The molecule has 0 atom stereocenters. The lowest BCUT2D eigenvalue weighted by Crippen LogP contribution is -1.83. The van der Waals surface area contributed by atoms with Gasteiger partial charge in [-0.15, -0.1) is 0 Å². The molecule has 3 nitrogen and oxygen atoms in total. The van der Waals surface area contributed by atoms with Crippen molar-refractivity contribution >= 4 is 22.6 Å². The standard InChI is InChI=1S/C13H8ClFN2O/c14-7-1-3-10-11(5-7)17-13(16-10)9-6-8(15)2-4-12(9)18/h1-6,18H,(H,16,17). The lowest BCUT2D eigenvalue weighted by molar-refractivity contribution is 0.475. The Labute approximate surface area is 107 Å². The highest BCUT2D eigenvalue weighted by Gasteiger charge is 2.10. The molecule has 0 fully saturated rings. The number of nitrogens with one attached hydrogen (secondary N) is 1. The van der Waals surface area contributed by atoms with Gasteiger partial charge in [-0.1, -0.05) is 11.6 Å². The number of halogens is 2. The molecule has 0 spiro atoms. The van der Waals surface area contributed by atoms with Gasteiger partial charge in [0.2, 0.25) is 0 Å². The molecule has 3 rings (SSSR count). The molecule has 0 radical (unpaired) electrons. The maximum Gasteiger partial charge on any atom is 0.142 e. The van der Waals surface area contributed by atoms with Crippen LogP contribution < -0.4 is 0 Å². The first-order chi connectivity index (χ1) is 8.63. The molecule has 2 aromatic carbocycles. The number of aromatic hydroxyl groups is 1. The van der Waals surface area contributed by atoms with E-state index in [1.165, 1.54) is 18.2 Å². The van der Waals surface area contributed by atoms with Crippen molar-refractivity contribution in [2.75, 3.05) is 0 Å². The van der Waals surface area contributed by atoms with Gasteiger partial charge < -0.3 is 10.1 Å². The van der Waals surface area contributed by atoms with E-state index in [1.807, 2.05) is 0 Å². The molecule has 0 saturated carbocycles. The highest BCUT2D eigenvalue weighted by atomic mass is 35.5. The highest BCUT2D eigenvalue weighted by Crippen LogP contribution is 2.29. The van der Waals surface area contributed by atoms with Crippen LogP contribution in [0.5, 0.6) is 5.75 Å². The number of aromatic nitrogens is 2. The maximum absolute atomic E-state index is 13.2. The summed E-state index contributed by atoms with van der Waals surface area (Å²) >= 11 is 5.87. The van der Waals surface area contributed by atoms with E-state index in [9.17, 15) is 9.50 Å². The third-order valence-corrected chi connectivity index (χ3v) is 2.89. The molecule has 0 amide bonds. The van der Waals surface area contributed by atoms with E-state index in [0.29, 0.717) is 21.9 Å². The summed E-state index contributed by atoms with van der Waals surface area (Å²) in [6.07, 6.45) is 0. The normalized spacial score (nSPS) is 11.0. The Kier molecular flexibility index (Phi) is 2.45. The van der Waals surface area contributed by atoms with Gasteiger partial charge in [0.15, 0.2) is 0 Å². The minimum atomic E-state index is -0.429. The Morgan fingerprint density at radius 2 is 2.00 bits per heavy atom. The molecule has 0 unspecified atom stereocenters. The van der Waals surface area contributed by atoms with Crippen molar-refractivity contribution in [1.82, 2.24) is 9.97 Å². The zero-order chi connectivity index (χ0) is 12.7. The molecule has 1 heterocycles. The predicted molar refractivity (Wildman–Crippen MR) is 68.2 cm³/mol. The second-order valence-electron chi connectivity index (χ2n) is 3.91. The Bertz CT molecular complexity index is 739. The van der Waals surface area contributed by atoms with Gasteiger partial charge in [0, 0.05) is 5.02 Å². The molecule has 1 aromatic heterocycles. The van der Waals surface area contributed by atoms with Crippen molar-refractivity contribution in [2.45, 2.75) is 0 Å². The minimum absolute atomic E-state index is 0.0263. The van der Waals surface area contributed by atoms with Crippen LogP contribution in [0.25, 0.3) is 22.4 Å². The Morgan fingerprint density at radius 1 is 1.17 bits per heavy atom.